The molecule has 1 aliphatic carbocycles. The van der Waals surface area contributed by atoms with Crippen molar-refractivity contribution in [2.45, 2.75) is 49.7 Å². The second-order valence-corrected chi connectivity index (χ2v) is 5.82. The molecule has 3 unspecified atom stereocenters. The van der Waals surface area contributed by atoms with Gasteiger partial charge in [0.15, 0.2) is 0 Å². The number of hydroxylamine groups is 2. The zero-order valence-corrected chi connectivity index (χ0v) is 10.1. The zero-order chi connectivity index (χ0) is 11.3. The molecule has 0 radical (unpaired) electrons. The molecule has 0 amide bonds. The highest BCUT2D eigenvalue weighted by Gasteiger charge is 2.62. The van der Waals surface area contributed by atoms with Gasteiger partial charge in [-0.05, 0) is 31.2 Å². The first-order chi connectivity index (χ1) is 8.37. The van der Waals surface area contributed by atoms with Crippen LogP contribution in [-0.4, -0.2) is 23.3 Å². The lowest BCUT2D eigenvalue weighted by Crippen LogP contribution is -2.33. The van der Waals surface area contributed by atoms with Crippen molar-refractivity contribution in [3.8, 4) is 0 Å². The molecule has 2 aliphatic heterocycles. The van der Waals surface area contributed by atoms with Crippen molar-refractivity contribution in [3.05, 3.63) is 35.9 Å². The van der Waals surface area contributed by atoms with Gasteiger partial charge in [-0.2, -0.15) is 5.06 Å². The Morgan fingerprint density at radius 1 is 1.12 bits per heavy atom. The summed E-state index contributed by atoms with van der Waals surface area (Å²) in [5, 5.41) is 2.28. The van der Waals surface area contributed by atoms with Crippen molar-refractivity contribution in [3.63, 3.8) is 0 Å². The van der Waals surface area contributed by atoms with Crippen LogP contribution >= 0.6 is 0 Å². The molecule has 2 heteroatoms. The summed E-state index contributed by atoms with van der Waals surface area (Å²) in [4.78, 5) is 6.26. The molecule has 1 spiro atoms. The SMILES string of the molecule is c1ccc(C2CC23CC2CCCCN2O3)cc1. The smallest absolute Gasteiger partial charge is 0.0991 e. The predicted octanol–water partition coefficient (Wildman–Crippen LogP) is 3.10. The van der Waals surface area contributed by atoms with E-state index in [4.69, 9.17) is 4.84 Å². The minimum atomic E-state index is 0.177. The molecule has 0 aromatic heterocycles. The average molecular weight is 229 g/mol. The van der Waals surface area contributed by atoms with E-state index in [2.05, 4.69) is 35.4 Å². The first-order valence-electron chi connectivity index (χ1n) is 6.88. The van der Waals surface area contributed by atoms with Crippen molar-refractivity contribution in [1.82, 2.24) is 5.06 Å². The molecule has 0 N–H and O–H groups in total. The van der Waals surface area contributed by atoms with E-state index in [0.717, 1.165) is 6.54 Å². The minimum absolute atomic E-state index is 0.177. The van der Waals surface area contributed by atoms with Gasteiger partial charge < -0.3 is 0 Å². The van der Waals surface area contributed by atoms with Gasteiger partial charge in [-0.1, -0.05) is 36.8 Å². The Hall–Kier alpha value is -0.860. The maximum Gasteiger partial charge on any atom is 0.0991 e. The summed E-state index contributed by atoms with van der Waals surface area (Å²) in [6.07, 6.45) is 6.51. The van der Waals surface area contributed by atoms with E-state index in [1.54, 1.807) is 0 Å². The third-order valence-electron chi connectivity index (χ3n) is 4.68. The molecule has 4 rings (SSSR count). The highest BCUT2D eigenvalue weighted by atomic mass is 16.7. The quantitative estimate of drug-likeness (QED) is 0.733. The third kappa shape index (κ3) is 1.54. The molecule has 2 nitrogen and oxygen atoms in total. The van der Waals surface area contributed by atoms with E-state index in [0.29, 0.717) is 12.0 Å². The number of hydrogen-bond donors (Lipinski definition) is 0. The molecule has 3 aliphatic rings. The van der Waals surface area contributed by atoms with Gasteiger partial charge in [-0.3, -0.25) is 4.84 Å². The highest BCUT2D eigenvalue weighted by Crippen LogP contribution is 2.61. The lowest BCUT2D eigenvalue weighted by Gasteiger charge is -2.26. The van der Waals surface area contributed by atoms with Crippen LogP contribution in [0.1, 0.15) is 43.6 Å². The van der Waals surface area contributed by atoms with Crippen molar-refractivity contribution >= 4 is 0 Å². The average Bonchev–Trinajstić information content (AvgIpc) is 2.93. The van der Waals surface area contributed by atoms with Crippen LogP contribution in [0.4, 0.5) is 0 Å². The van der Waals surface area contributed by atoms with Gasteiger partial charge in [0.1, 0.15) is 0 Å². The van der Waals surface area contributed by atoms with Crippen LogP contribution in [0.15, 0.2) is 30.3 Å². The molecule has 17 heavy (non-hydrogen) atoms. The van der Waals surface area contributed by atoms with Crippen LogP contribution in [0.5, 0.6) is 0 Å². The summed E-state index contributed by atoms with van der Waals surface area (Å²) in [6.45, 7) is 1.15. The zero-order valence-electron chi connectivity index (χ0n) is 10.1. The van der Waals surface area contributed by atoms with Crippen LogP contribution in [0.2, 0.25) is 0 Å². The van der Waals surface area contributed by atoms with E-state index in [9.17, 15) is 0 Å². The Bertz CT molecular complexity index is 402. The second-order valence-electron chi connectivity index (χ2n) is 5.82. The first kappa shape index (κ1) is 10.1. The lowest BCUT2D eigenvalue weighted by molar-refractivity contribution is -0.182. The van der Waals surface area contributed by atoms with Gasteiger partial charge in [-0.15, -0.1) is 0 Å². The Balaban J connectivity index is 1.54. The summed E-state index contributed by atoms with van der Waals surface area (Å²) in [6, 6.07) is 11.6. The molecule has 90 valence electrons. The Morgan fingerprint density at radius 3 is 2.82 bits per heavy atom. The molecule has 1 saturated carbocycles. The van der Waals surface area contributed by atoms with Crippen LogP contribution < -0.4 is 0 Å². The Labute approximate surface area is 103 Å². The minimum Gasteiger partial charge on any atom is -0.291 e. The van der Waals surface area contributed by atoms with Crippen molar-refractivity contribution in [2.24, 2.45) is 0 Å². The fraction of sp³-hybridized carbons (Fsp3) is 0.600. The van der Waals surface area contributed by atoms with Gasteiger partial charge in [0, 0.05) is 18.5 Å². The molecule has 1 aromatic rings. The van der Waals surface area contributed by atoms with E-state index in [1.165, 1.54) is 37.7 Å². The molecule has 3 atom stereocenters. The van der Waals surface area contributed by atoms with E-state index in [-0.39, 0.29) is 5.60 Å². The second kappa shape index (κ2) is 3.56. The third-order valence-corrected chi connectivity index (χ3v) is 4.68. The van der Waals surface area contributed by atoms with E-state index >= 15 is 0 Å². The number of rotatable bonds is 1. The van der Waals surface area contributed by atoms with Crippen molar-refractivity contribution < 1.29 is 4.84 Å². The maximum atomic E-state index is 6.26. The molecule has 0 bridgehead atoms. The highest BCUT2D eigenvalue weighted by molar-refractivity contribution is 5.32. The summed E-state index contributed by atoms with van der Waals surface area (Å²) in [7, 11) is 0. The fourth-order valence-corrected chi connectivity index (χ4v) is 3.69. The number of benzene rings is 1. The predicted molar refractivity (Wildman–Crippen MR) is 66.6 cm³/mol. The van der Waals surface area contributed by atoms with Gasteiger partial charge in [0.25, 0.3) is 0 Å². The molecular formula is C15H19NO. The van der Waals surface area contributed by atoms with E-state index in [1.807, 2.05) is 0 Å². The monoisotopic (exact) mass is 229 g/mol. The number of piperidine rings is 1. The lowest BCUT2D eigenvalue weighted by atomic mass is 9.97. The molecule has 2 heterocycles. The Kier molecular flexibility index (Phi) is 2.12. The molecule has 2 saturated heterocycles. The van der Waals surface area contributed by atoms with Crippen LogP contribution in [0.25, 0.3) is 0 Å². The van der Waals surface area contributed by atoms with E-state index < -0.39 is 0 Å². The van der Waals surface area contributed by atoms with Crippen LogP contribution in [0, 0.1) is 0 Å². The largest absolute Gasteiger partial charge is 0.291 e. The summed E-state index contributed by atoms with van der Waals surface area (Å²) in [5.74, 6) is 0.647. The van der Waals surface area contributed by atoms with Gasteiger partial charge in [0.05, 0.1) is 5.60 Å². The number of hydrogen-bond acceptors (Lipinski definition) is 2. The topological polar surface area (TPSA) is 12.5 Å². The van der Waals surface area contributed by atoms with Crippen molar-refractivity contribution in [1.29, 1.82) is 0 Å². The van der Waals surface area contributed by atoms with Crippen LogP contribution in [-0.2, 0) is 4.84 Å². The maximum absolute atomic E-state index is 6.26. The Morgan fingerprint density at radius 2 is 2.00 bits per heavy atom. The fourth-order valence-electron chi connectivity index (χ4n) is 3.69. The van der Waals surface area contributed by atoms with Crippen LogP contribution in [0.3, 0.4) is 0 Å². The summed E-state index contributed by atoms with van der Waals surface area (Å²) < 4.78 is 0. The normalized spacial score (nSPS) is 40.5. The first-order valence-corrected chi connectivity index (χ1v) is 6.88. The molecular weight excluding hydrogens is 210 g/mol. The van der Waals surface area contributed by atoms with Crippen molar-refractivity contribution in [2.75, 3.05) is 6.54 Å². The van der Waals surface area contributed by atoms with Gasteiger partial charge in [0.2, 0.25) is 0 Å². The summed E-state index contributed by atoms with van der Waals surface area (Å²) >= 11 is 0. The van der Waals surface area contributed by atoms with Gasteiger partial charge >= 0.3 is 0 Å². The standard InChI is InChI=1S/C15H19NO/c1-2-6-12(7-3-1)14-11-15(14)10-13-8-4-5-9-16(13)17-15/h1-3,6-7,13-14H,4-5,8-11H2. The molecule has 3 fully saturated rings. The number of fused-ring (bicyclic) bond motifs is 1. The summed E-state index contributed by atoms with van der Waals surface area (Å²) in [5.41, 5.74) is 1.64. The number of nitrogens with zero attached hydrogens (tertiary/aromatic N) is 1. The van der Waals surface area contributed by atoms with Gasteiger partial charge in [-0.25, -0.2) is 0 Å². The molecule has 1 aromatic carbocycles.